The van der Waals surface area contributed by atoms with E-state index in [1.54, 1.807) is 0 Å². The topological polar surface area (TPSA) is 46.3 Å². The zero-order valence-electron chi connectivity index (χ0n) is 12.2. The monoisotopic (exact) mass is 326 g/mol. The van der Waals surface area contributed by atoms with Crippen LogP contribution in [0.4, 0.5) is 0 Å². The molecule has 0 saturated heterocycles. The molecule has 4 heteroatoms. The molecule has 1 aromatic rings. The van der Waals surface area contributed by atoms with Crippen LogP contribution in [0.5, 0.6) is 0 Å². The van der Waals surface area contributed by atoms with Crippen molar-refractivity contribution in [3.63, 3.8) is 0 Å². The summed E-state index contributed by atoms with van der Waals surface area (Å²) in [7, 11) is 0. The van der Waals surface area contributed by atoms with Gasteiger partial charge in [-0.05, 0) is 49.6 Å². The lowest BCUT2D eigenvalue weighted by atomic mass is 9.93. The first-order chi connectivity index (χ1) is 8.80. The fourth-order valence-corrected chi connectivity index (χ4v) is 2.12. The normalized spacial score (nSPS) is 11.5. The van der Waals surface area contributed by atoms with E-state index in [1.807, 2.05) is 36.9 Å². The van der Waals surface area contributed by atoms with E-state index >= 15 is 0 Å². The number of hydrogen-bond acceptors (Lipinski definition) is 2. The molecular formula is C15H23BrN2O. The number of nitrogens with zero attached hydrogens (tertiary/aromatic N) is 1. The molecule has 1 rings (SSSR count). The predicted octanol–water partition coefficient (Wildman–Crippen LogP) is 3.20. The number of amides is 1. The summed E-state index contributed by atoms with van der Waals surface area (Å²) in [6.45, 7) is 10.1. The number of aryl methyl sites for hydroxylation is 1. The third-order valence-corrected chi connectivity index (χ3v) is 4.14. The van der Waals surface area contributed by atoms with E-state index < -0.39 is 0 Å². The second kappa shape index (κ2) is 6.53. The van der Waals surface area contributed by atoms with Crippen molar-refractivity contribution in [3.05, 3.63) is 33.8 Å². The number of halogens is 1. The lowest BCUT2D eigenvalue weighted by Gasteiger charge is -2.31. The van der Waals surface area contributed by atoms with Crippen molar-refractivity contribution < 1.29 is 4.79 Å². The Labute approximate surface area is 124 Å². The fourth-order valence-electron chi connectivity index (χ4n) is 1.87. The number of rotatable bonds is 5. The summed E-state index contributed by atoms with van der Waals surface area (Å²) in [4.78, 5) is 14.4. The molecule has 0 heterocycles. The van der Waals surface area contributed by atoms with E-state index in [0.717, 1.165) is 15.6 Å². The number of carbonyl (C=O) groups excluding carboxylic acids is 1. The van der Waals surface area contributed by atoms with Gasteiger partial charge < -0.3 is 10.6 Å². The quantitative estimate of drug-likeness (QED) is 0.903. The smallest absolute Gasteiger partial charge is 0.253 e. The lowest BCUT2D eigenvalue weighted by Crippen LogP contribution is -2.42. The standard InChI is InChI=1S/C15H23BrN2O/c1-5-18(10-15(3,4)9-17)14(19)12-6-7-13(16)11(2)8-12/h6-8H,5,9-10,17H2,1-4H3. The van der Waals surface area contributed by atoms with Crippen LogP contribution in [-0.4, -0.2) is 30.4 Å². The van der Waals surface area contributed by atoms with Gasteiger partial charge in [0.2, 0.25) is 0 Å². The van der Waals surface area contributed by atoms with Crippen LogP contribution in [-0.2, 0) is 0 Å². The molecule has 106 valence electrons. The van der Waals surface area contributed by atoms with Crippen LogP contribution in [0.25, 0.3) is 0 Å². The third-order valence-electron chi connectivity index (χ3n) is 3.25. The Bertz CT molecular complexity index is 457. The van der Waals surface area contributed by atoms with Gasteiger partial charge in [0.05, 0.1) is 0 Å². The molecule has 0 aliphatic rings. The highest BCUT2D eigenvalue weighted by Gasteiger charge is 2.23. The predicted molar refractivity (Wildman–Crippen MR) is 83.3 cm³/mol. The van der Waals surface area contributed by atoms with Gasteiger partial charge in [-0.25, -0.2) is 0 Å². The Morgan fingerprint density at radius 3 is 2.53 bits per heavy atom. The summed E-state index contributed by atoms with van der Waals surface area (Å²) in [6.07, 6.45) is 0. The summed E-state index contributed by atoms with van der Waals surface area (Å²) < 4.78 is 1.02. The molecule has 0 fully saturated rings. The second-order valence-corrected chi connectivity index (χ2v) is 6.51. The second-order valence-electron chi connectivity index (χ2n) is 5.65. The van der Waals surface area contributed by atoms with E-state index in [0.29, 0.717) is 19.6 Å². The van der Waals surface area contributed by atoms with E-state index in [-0.39, 0.29) is 11.3 Å². The molecule has 1 aromatic carbocycles. The highest BCUT2D eigenvalue weighted by molar-refractivity contribution is 9.10. The Morgan fingerprint density at radius 2 is 2.05 bits per heavy atom. The Kier molecular flexibility index (Phi) is 5.56. The van der Waals surface area contributed by atoms with Crippen molar-refractivity contribution in [2.75, 3.05) is 19.6 Å². The van der Waals surface area contributed by atoms with Crippen molar-refractivity contribution in [2.45, 2.75) is 27.7 Å². The maximum atomic E-state index is 12.5. The molecule has 0 saturated carbocycles. The lowest BCUT2D eigenvalue weighted by molar-refractivity contribution is 0.0700. The molecule has 0 aliphatic heterocycles. The summed E-state index contributed by atoms with van der Waals surface area (Å²) in [5.41, 5.74) is 7.49. The molecule has 2 N–H and O–H groups in total. The van der Waals surface area contributed by atoms with E-state index in [9.17, 15) is 4.79 Å². The first-order valence-corrected chi connectivity index (χ1v) is 7.35. The number of hydrogen-bond donors (Lipinski definition) is 1. The van der Waals surface area contributed by atoms with Crippen molar-refractivity contribution >= 4 is 21.8 Å². The Hall–Kier alpha value is -0.870. The minimum Gasteiger partial charge on any atom is -0.338 e. The van der Waals surface area contributed by atoms with Gasteiger partial charge in [-0.2, -0.15) is 0 Å². The van der Waals surface area contributed by atoms with Crippen molar-refractivity contribution in [3.8, 4) is 0 Å². The molecule has 1 amide bonds. The van der Waals surface area contributed by atoms with Gasteiger partial charge in [0.1, 0.15) is 0 Å². The molecule has 0 unspecified atom stereocenters. The van der Waals surface area contributed by atoms with Crippen LogP contribution in [0.3, 0.4) is 0 Å². The SMILES string of the molecule is CCN(CC(C)(C)CN)C(=O)c1ccc(Br)c(C)c1. The van der Waals surface area contributed by atoms with Gasteiger partial charge in [-0.3, -0.25) is 4.79 Å². The Morgan fingerprint density at radius 1 is 1.42 bits per heavy atom. The highest BCUT2D eigenvalue weighted by Crippen LogP contribution is 2.20. The fraction of sp³-hybridized carbons (Fsp3) is 0.533. The third kappa shape index (κ3) is 4.32. The molecule has 0 radical (unpaired) electrons. The minimum absolute atomic E-state index is 0.0594. The average Bonchev–Trinajstić information content (AvgIpc) is 2.38. The van der Waals surface area contributed by atoms with E-state index in [1.165, 1.54) is 0 Å². The van der Waals surface area contributed by atoms with Crippen molar-refractivity contribution in [1.82, 2.24) is 4.90 Å². The summed E-state index contributed by atoms with van der Waals surface area (Å²) >= 11 is 3.45. The molecule has 0 atom stereocenters. The van der Waals surface area contributed by atoms with Gasteiger partial charge in [0.25, 0.3) is 5.91 Å². The number of nitrogens with two attached hydrogens (primary N) is 1. The van der Waals surface area contributed by atoms with Crippen molar-refractivity contribution in [1.29, 1.82) is 0 Å². The molecule has 19 heavy (non-hydrogen) atoms. The molecule has 0 aliphatic carbocycles. The van der Waals surface area contributed by atoms with Gasteiger partial charge >= 0.3 is 0 Å². The van der Waals surface area contributed by atoms with Gasteiger partial charge in [-0.1, -0.05) is 29.8 Å². The summed E-state index contributed by atoms with van der Waals surface area (Å²) in [5, 5.41) is 0. The summed E-state index contributed by atoms with van der Waals surface area (Å²) in [6, 6.07) is 5.70. The van der Waals surface area contributed by atoms with Crippen molar-refractivity contribution in [2.24, 2.45) is 11.1 Å². The van der Waals surface area contributed by atoms with Crippen LogP contribution in [0.15, 0.2) is 22.7 Å². The van der Waals surface area contributed by atoms with Crippen LogP contribution < -0.4 is 5.73 Å². The van der Waals surface area contributed by atoms with Gasteiger partial charge in [-0.15, -0.1) is 0 Å². The minimum atomic E-state index is -0.0594. The van der Waals surface area contributed by atoms with Gasteiger partial charge in [0.15, 0.2) is 0 Å². The molecular weight excluding hydrogens is 304 g/mol. The zero-order valence-corrected chi connectivity index (χ0v) is 13.8. The molecule has 0 spiro atoms. The first-order valence-electron chi connectivity index (χ1n) is 6.56. The Balaban J connectivity index is 2.92. The maximum absolute atomic E-state index is 12.5. The molecule has 0 aromatic heterocycles. The highest BCUT2D eigenvalue weighted by atomic mass is 79.9. The number of benzene rings is 1. The van der Waals surface area contributed by atoms with Crippen LogP contribution >= 0.6 is 15.9 Å². The maximum Gasteiger partial charge on any atom is 0.253 e. The summed E-state index contributed by atoms with van der Waals surface area (Å²) in [5.74, 6) is 0.0691. The largest absolute Gasteiger partial charge is 0.338 e. The van der Waals surface area contributed by atoms with Crippen LogP contribution in [0.2, 0.25) is 0 Å². The van der Waals surface area contributed by atoms with Crippen LogP contribution in [0, 0.1) is 12.3 Å². The molecule has 3 nitrogen and oxygen atoms in total. The first kappa shape index (κ1) is 16.2. The zero-order chi connectivity index (χ0) is 14.6. The van der Waals surface area contributed by atoms with E-state index in [4.69, 9.17) is 5.73 Å². The van der Waals surface area contributed by atoms with Crippen LogP contribution in [0.1, 0.15) is 36.7 Å². The number of carbonyl (C=O) groups is 1. The molecule has 0 bridgehead atoms. The van der Waals surface area contributed by atoms with Gasteiger partial charge in [0, 0.05) is 23.1 Å². The van der Waals surface area contributed by atoms with E-state index in [2.05, 4.69) is 29.8 Å². The average molecular weight is 327 g/mol.